The molecule has 0 N–H and O–H groups in total. The minimum Gasteiger partial charge on any atom is -0.0683 e. The molecule has 0 aromatic heterocycles. The van der Waals surface area contributed by atoms with Crippen LogP contribution in [0.2, 0.25) is 0 Å². The fraction of sp³-hybridized carbons (Fsp3) is 1.00. The van der Waals surface area contributed by atoms with Crippen LogP contribution < -0.4 is 0 Å². The molecule has 0 aromatic carbocycles. The zero-order chi connectivity index (χ0) is 5.54. The van der Waals surface area contributed by atoms with Crippen LogP contribution in [0.3, 0.4) is 0 Å². The smallest absolute Gasteiger partial charge is 0 e. The molecule has 1 fully saturated rings. The molecule has 8 heavy (non-hydrogen) atoms. The van der Waals surface area contributed by atoms with E-state index in [4.69, 9.17) is 0 Å². The van der Waals surface area contributed by atoms with E-state index in [0.29, 0.717) is 0 Å². The van der Waals surface area contributed by atoms with Gasteiger partial charge < -0.3 is 0 Å². The predicted molar refractivity (Wildman–Crippen MR) is 40.2 cm³/mol. The summed E-state index contributed by atoms with van der Waals surface area (Å²) in [7, 11) is 0. The Morgan fingerprint density at radius 3 is 0.875 bits per heavy atom. The normalized spacial score (nSPS) is 15.8. The molecule has 0 aromatic rings. The van der Waals surface area contributed by atoms with E-state index in [1.165, 1.54) is 32.1 Å². The van der Waals surface area contributed by atoms with Gasteiger partial charge in [0.05, 0.1) is 0 Å². The Morgan fingerprint density at radius 2 is 0.750 bits per heavy atom. The second-order valence-electron chi connectivity index (χ2n) is 1.77. The summed E-state index contributed by atoms with van der Waals surface area (Å²) in [4.78, 5) is 0. The van der Waals surface area contributed by atoms with Crippen molar-refractivity contribution in [3.05, 3.63) is 0 Å². The average Bonchev–Trinajstić information content (AvgIpc) is 2.23. The molecule has 0 saturated heterocycles. The zero-order valence-electron chi connectivity index (χ0n) is 6.24. The summed E-state index contributed by atoms with van der Waals surface area (Å²) in [6.45, 7) is 4.00. The first kappa shape index (κ1) is 12.3. The third-order valence-corrected chi connectivity index (χ3v) is 1.25. The van der Waals surface area contributed by atoms with Gasteiger partial charge in [-0.25, -0.2) is 0 Å². The summed E-state index contributed by atoms with van der Waals surface area (Å²) >= 11 is 0. The Morgan fingerprint density at radius 1 is 0.625 bits per heavy atom. The molecule has 0 aliphatic heterocycles. The summed E-state index contributed by atoms with van der Waals surface area (Å²) in [5.74, 6) is 0. The van der Waals surface area contributed by atoms with E-state index in [2.05, 4.69) is 0 Å². The molecule has 2 radical (unpaired) electrons. The van der Waals surface area contributed by atoms with Gasteiger partial charge >= 0.3 is 0 Å². The van der Waals surface area contributed by atoms with Gasteiger partial charge in [0.25, 0.3) is 0 Å². The van der Waals surface area contributed by atoms with Crippen LogP contribution in [0.4, 0.5) is 0 Å². The van der Waals surface area contributed by atoms with Crippen molar-refractivity contribution in [2.45, 2.75) is 46.0 Å². The molecular formula is C7H16Ba. The minimum absolute atomic E-state index is 0. The summed E-state index contributed by atoms with van der Waals surface area (Å²) in [6.07, 6.45) is 7.50. The number of rotatable bonds is 0. The Hall–Kier alpha value is 1.57. The summed E-state index contributed by atoms with van der Waals surface area (Å²) < 4.78 is 0. The van der Waals surface area contributed by atoms with Crippen molar-refractivity contribution in [2.75, 3.05) is 0 Å². The van der Waals surface area contributed by atoms with Crippen molar-refractivity contribution < 1.29 is 0 Å². The van der Waals surface area contributed by atoms with Gasteiger partial charge in [-0.15, -0.1) is 0 Å². The van der Waals surface area contributed by atoms with Gasteiger partial charge in [-0.05, 0) is 0 Å². The van der Waals surface area contributed by atoms with Gasteiger partial charge in [-0.2, -0.15) is 0 Å². The Bertz CT molecular complexity index is 16.0. The molecule has 46 valence electrons. The maximum atomic E-state index is 2.00. The summed E-state index contributed by atoms with van der Waals surface area (Å²) in [6, 6.07) is 0. The Labute approximate surface area is 93.5 Å². The van der Waals surface area contributed by atoms with E-state index < -0.39 is 0 Å². The Balaban J connectivity index is 0. The van der Waals surface area contributed by atoms with Crippen LogP contribution in [-0.2, 0) is 0 Å². The molecular weight excluding hydrogens is 221 g/mol. The van der Waals surface area contributed by atoms with E-state index in [1.54, 1.807) is 0 Å². The third-order valence-electron chi connectivity index (χ3n) is 1.25. The maximum absolute atomic E-state index is 2.00. The number of hydrogen-bond acceptors (Lipinski definition) is 0. The van der Waals surface area contributed by atoms with Crippen molar-refractivity contribution >= 4 is 48.9 Å². The SMILES string of the molecule is C1CCCC1.CC.[Ba]. The first-order valence-corrected chi connectivity index (χ1v) is 3.50. The van der Waals surface area contributed by atoms with Crippen molar-refractivity contribution in [1.82, 2.24) is 0 Å². The molecule has 1 heteroatoms. The molecule has 0 heterocycles. The van der Waals surface area contributed by atoms with Crippen LogP contribution in [0, 0.1) is 0 Å². The summed E-state index contributed by atoms with van der Waals surface area (Å²) in [5, 5.41) is 0. The molecule has 0 atom stereocenters. The molecule has 0 bridgehead atoms. The van der Waals surface area contributed by atoms with Crippen LogP contribution in [0.1, 0.15) is 46.0 Å². The molecule has 1 aliphatic carbocycles. The van der Waals surface area contributed by atoms with Gasteiger partial charge in [0.1, 0.15) is 0 Å². The zero-order valence-corrected chi connectivity index (χ0v) is 10.7. The average molecular weight is 238 g/mol. The molecule has 0 nitrogen and oxygen atoms in total. The molecule has 1 aliphatic rings. The summed E-state index contributed by atoms with van der Waals surface area (Å²) in [5.41, 5.74) is 0. The monoisotopic (exact) mass is 238 g/mol. The van der Waals surface area contributed by atoms with Gasteiger partial charge in [0.15, 0.2) is 0 Å². The second-order valence-corrected chi connectivity index (χ2v) is 1.77. The van der Waals surface area contributed by atoms with E-state index >= 15 is 0 Å². The van der Waals surface area contributed by atoms with E-state index in [-0.39, 0.29) is 48.9 Å². The van der Waals surface area contributed by atoms with E-state index in [0.717, 1.165) is 0 Å². The largest absolute Gasteiger partial charge is 0.0683 e. The fourth-order valence-electron chi connectivity index (χ4n) is 0.884. The quantitative estimate of drug-likeness (QED) is 0.568. The van der Waals surface area contributed by atoms with Crippen LogP contribution in [0.25, 0.3) is 0 Å². The molecule has 0 spiro atoms. The van der Waals surface area contributed by atoms with Crippen LogP contribution in [0.5, 0.6) is 0 Å². The molecule has 0 amide bonds. The third kappa shape index (κ3) is 7.57. The van der Waals surface area contributed by atoms with Crippen molar-refractivity contribution in [3.63, 3.8) is 0 Å². The molecule has 0 unspecified atom stereocenters. The van der Waals surface area contributed by atoms with Gasteiger partial charge in [-0.3, -0.25) is 0 Å². The van der Waals surface area contributed by atoms with Crippen LogP contribution in [-0.4, -0.2) is 48.9 Å². The van der Waals surface area contributed by atoms with Crippen molar-refractivity contribution in [1.29, 1.82) is 0 Å². The fourth-order valence-corrected chi connectivity index (χ4v) is 0.884. The topological polar surface area (TPSA) is 0 Å². The standard InChI is InChI=1S/C5H10.C2H6.Ba/c1-2-4-5-3-1;1-2;/h1-5H2;1-2H3;. The predicted octanol–water partition coefficient (Wildman–Crippen LogP) is 2.60. The minimum atomic E-state index is 0. The van der Waals surface area contributed by atoms with Crippen LogP contribution in [0.15, 0.2) is 0 Å². The number of hydrogen-bond donors (Lipinski definition) is 0. The van der Waals surface area contributed by atoms with E-state index in [1.807, 2.05) is 13.8 Å². The van der Waals surface area contributed by atoms with Crippen LogP contribution >= 0.6 is 0 Å². The molecule has 1 saturated carbocycles. The second kappa shape index (κ2) is 11.4. The Kier molecular flexibility index (Phi) is 17.4. The van der Waals surface area contributed by atoms with Gasteiger partial charge in [0, 0.05) is 48.9 Å². The van der Waals surface area contributed by atoms with Crippen molar-refractivity contribution in [3.8, 4) is 0 Å². The van der Waals surface area contributed by atoms with E-state index in [9.17, 15) is 0 Å². The maximum Gasteiger partial charge on any atom is 0 e. The molecule has 1 rings (SSSR count). The first-order valence-electron chi connectivity index (χ1n) is 3.50. The van der Waals surface area contributed by atoms with Crippen molar-refractivity contribution in [2.24, 2.45) is 0 Å². The van der Waals surface area contributed by atoms with Gasteiger partial charge in [0.2, 0.25) is 0 Å². The van der Waals surface area contributed by atoms with Gasteiger partial charge in [-0.1, -0.05) is 46.0 Å². The first-order chi connectivity index (χ1) is 3.50.